The molecule has 0 spiro atoms. The Balaban J connectivity index is 0.00000324. The standard InChI is InChI=1S/C14H23N3O.HI/c1-4-8-16-14(15)17-9-7-12-6-5-11(2)13(10-12)18-3;/h5-6,10H,4,7-9H2,1-3H3,(H3,15,16,17);1H. The van der Waals surface area contributed by atoms with E-state index in [0.717, 1.165) is 37.2 Å². The molecule has 4 nitrogen and oxygen atoms in total. The lowest BCUT2D eigenvalue weighted by Gasteiger charge is -2.09. The van der Waals surface area contributed by atoms with E-state index in [1.807, 2.05) is 6.92 Å². The van der Waals surface area contributed by atoms with Crippen molar-refractivity contribution < 1.29 is 4.74 Å². The fraction of sp³-hybridized carbons (Fsp3) is 0.500. The SMILES string of the molecule is CCCN=C(N)NCCc1ccc(C)c(OC)c1.I. The van der Waals surface area contributed by atoms with Crippen LogP contribution in [0, 0.1) is 6.92 Å². The van der Waals surface area contributed by atoms with Crippen molar-refractivity contribution >= 4 is 29.9 Å². The molecule has 0 amide bonds. The van der Waals surface area contributed by atoms with E-state index < -0.39 is 0 Å². The molecular formula is C14H24IN3O. The van der Waals surface area contributed by atoms with Gasteiger partial charge in [0.05, 0.1) is 7.11 Å². The number of hydrogen-bond acceptors (Lipinski definition) is 2. The number of rotatable bonds is 6. The molecule has 0 atom stereocenters. The number of guanidine groups is 1. The van der Waals surface area contributed by atoms with E-state index in [4.69, 9.17) is 10.5 Å². The van der Waals surface area contributed by atoms with Crippen molar-refractivity contribution in [2.45, 2.75) is 26.7 Å². The second-order valence-corrected chi connectivity index (χ2v) is 4.25. The minimum Gasteiger partial charge on any atom is -0.496 e. The van der Waals surface area contributed by atoms with Gasteiger partial charge in [0.15, 0.2) is 5.96 Å². The Kier molecular flexibility index (Phi) is 9.38. The highest BCUT2D eigenvalue weighted by atomic mass is 127. The zero-order valence-electron chi connectivity index (χ0n) is 11.9. The number of methoxy groups -OCH3 is 1. The van der Waals surface area contributed by atoms with Crippen LogP contribution in [0.4, 0.5) is 0 Å². The smallest absolute Gasteiger partial charge is 0.188 e. The van der Waals surface area contributed by atoms with Crippen LogP contribution in [0.3, 0.4) is 0 Å². The first-order valence-corrected chi connectivity index (χ1v) is 6.34. The van der Waals surface area contributed by atoms with Crippen molar-refractivity contribution in [2.24, 2.45) is 10.7 Å². The van der Waals surface area contributed by atoms with Crippen LogP contribution in [0.2, 0.25) is 0 Å². The van der Waals surface area contributed by atoms with E-state index in [9.17, 15) is 0 Å². The topological polar surface area (TPSA) is 59.6 Å². The molecule has 0 aliphatic rings. The van der Waals surface area contributed by atoms with E-state index in [1.54, 1.807) is 7.11 Å². The summed E-state index contributed by atoms with van der Waals surface area (Å²) in [7, 11) is 1.69. The minimum absolute atomic E-state index is 0. The van der Waals surface area contributed by atoms with Gasteiger partial charge in [-0.05, 0) is 37.0 Å². The summed E-state index contributed by atoms with van der Waals surface area (Å²) in [6.45, 7) is 5.67. The molecule has 3 N–H and O–H groups in total. The third kappa shape index (κ3) is 6.66. The number of aliphatic imine (C=N–C) groups is 1. The molecule has 0 aliphatic carbocycles. The van der Waals surface area contributed by atoms with E-state index >= 15 is 0 Å². The van der Waals surface area contributed by atoms with E-state index in [-0.39, 0.29) is 24.0 Å². The van der Waals surface area contributed by atoms with Crippen molar-refractivity contribution in [3.8, 4) is 5.75 Å². The van der Waals surface area contributed by atoms with Gasteiger partial charge in [-0.15, -0.1) is 24.0 Å². The maximum absolute atomic E-state index is 5.72. The molecule has 1 rings (SSSR count). The lowest BCUT2D eigenvalue weighted by atomic mass is 10.1. The van der Waals surface area contributed by atoms with E-state index in [2.05, 4.69) is 35.4 Å². The fourth-order valence-corrected chi connectivity index (χ4v) is 1.64. The first kappa shape index (κ1) is 18.0. The maximum atomic E-state index is 5.72. The van der Waals surface area contributed by atoms with E-state index in [0.29, 0.717) is 5.96 Å². The number of nitrogens with zero attached hydrogens (tertiary/aromatic N) is 1. The largest absolute Gasteiger partial charge is 0.496 e. The molecule has 0 unspecified atom stereocenters. The van der Waals surface area contributed by atoms with Gasteiger partial charge in [-0.3, -0.25) is 4.99 Å². The summed E-state index contributed by atoms with van der Waals surface area (Å²) in [6, 6.07) is 6.25. The molecule has 19 heavy (non-hydrogen) atoms. The van der Waals surface area contributed by atoms with Gasteiger partial charge in [-0.1, -0.05) is 19.1 Å². The number of aryl methyl sites for hydroxylation is 1. The Bertz CT molecular complexity index is 408. The van der Waals surface area contributed by atoms with Gasteiger partial charge in [-0.2, -0.15) is 0 Å². The Hall–Kier alpha value is -0.980. The van der Waals surface area contributed by atoms with Crippen LogP contribution < -0.4 is 15.8 Å². The summed E-state index contributed by atoms with van der Waals surface area (Å²) in [6.07, 6.45) is 1.91. The highest BCUT2D eigenvalue weighted by molar-refractivity contribution is 14.0. The zero-order chi connectivity index (χ0) is 13.4. The summed E-state index contributed by atoms with van der Waals surface area (Å²) < 4.78 is 5.30. The normalized spacial score (nSPS) is 10.8. The van der Waals surface area contributed by atoms with Crippen molar-refractivity contribution in [1.29, 1.82) is 0 Å². The monoisotopic (exact) mass is 377 g/mol. The Morgan fingerprint density at radius 2 is 2.16 bits per heavy atom. The number of halogens is 1. The molecular weight excluding hydrogens is 353 g/mol. The molecule has 5 heteroatoms. The second-order valence-electron chi connectivity index (χ2n) is 4.25. The molecule has 0 radical (unpaired) electrons. The summed E-state index contributed by atoms with van der Waals surface area (Å²) in [5, 5.41) is 3.10. The van der Waals surface area contributed by atoms with Gasteiger partial charge in [-0.25, -0.2) is 0 Å². The number of hydrogen-bond donors (Lipinski definition) is 2. The lowest BCUT2D eigenvalue weighted by Crippen LogP contribution is -2.33. The average Bonchev–Trinajstić information content (AvgIpc) is 2.38. The first-order valence-electron chi connectivity index (χ1n) is 6.34. The van der Waals surface area contributed by atoms with Gasteiger partial charge in [0.2, 0.25) is 0 Å². The average molecular weight is 377 g/mol. The number of ether oxygens (including phenoxy) is 1. The molecule has 0 bridgehead atoms. The second kappa shape index (κ2) is 9.89. The van der Waals surface area contributed by atoms with Crippen LogP contribution >= 0.6 is 24.0 Å². The van der Waals surface area contributed by atoms with Gasteiger partial charge in [0.25, 0.3) is 0 Å². The van der Waals surface area contributed by atoms with Crippen molar-refractivity contribution in [1.82, 2.24) is 5.32 Å². The van der Waals surface area contributed by atoms with Crippen LogP contribution in [-0.4, -0.2) is 26.2 Å². The quantitative estimate of drug-likeness (QED) is 0.455. The molecule has 1 aromatic rings. The summed E-state index contributed by atoms with van der Waals surface area (Å²) in [4.78, 5) is 4.18. The van der Waals surface area contributed by atoms with Crippen molar-refractivity contribution in [3.05, 3.63) is 29.3 Å². The first-order chi connectivity index (χ1) is 8.67. The number of benzene rings is 1. The fourth-order valence-electron chi connectivity index (χ4n) is 1.64. The summed E-state index contributed by atoms with van der Waals surface area (Å²) in [5.74, 6) is 1.45. The molecule has 0 heterocycles. The maximum Gasteiger partial charge on any atom is 0.188 e. The molecule has 108 valence electrons. The van der Waals surface area contributed by atoms with Crippen molar-refractivity contribution in [3.63, 3.8) is 0 Å². The number of nitrogens with two attached hydrogens (primary N) is 1. The molecule has 1 aromatic carbocycles. The third-order valence-corrected chi connectivity index (χ3v) is 2.70. The molecule has 0 saturated heterocycles. The Morgan fingerprint density at radius 3 is 2.79 bits per heavy atom. The van der Waals surface area contributed by atoms with Crippen LogP contribution in [0.1, 0.15) is 24.5 Å². The van der Waals surface area contributed by atoms with Gasteiger partial charge in [0.1, 0.15) is 5.75 Å². The lowest BCUT2D eigenvalue weighted by molar-refractivity contribution is 0.411. The Labute approximate surface area is 132 Å². The van der Waals surface area contributed by atoms with Crippen LogP contribution in [-0.2, 0) is 6.42 Å². The molecule has 0 aliphatic heterocycles. The van der Waals surface area contributed by atoms with Gasteiger partial charge < -0.3 is 15.8 Å². The summed E-state index contributed by atoms with van der Waals surface area (Å²) >= 11 is 0. The highest BCUT2D eigenvalue weighted by Crippen LogP contribution is 2.18. The molecule has 0 aromatic heterocycles. The highest BCUT2D eigenvalue weighted by Gasteiger charge is 2.00. The minimum atomic E-state index is 0. The Morgan fingerprint density at radius 1 is 1.42 bits per heavy atom. The third-order valence-electron chi connectivity index (χ3n) is 2.70. The zero-order valence-corrected chi connectivity index (χ0v) is 14.2. The molecule has 0 saturated carbocycles. The van der Waals surface area contributed by atoms with E-state index in [1.165, 1.54) is 5.56 Å². The van der Waals surface area contributed by atoms with Gasteiger partial charge >= 0.3 is 0 Å². The molecule has 0 fully saturated rings. The van der Waals surface area contributed by atoms with Crippen LogP contribution in [0.25, 0.3) is 0 Å². The van der Waals surface area contributed by atoms with Crippen molar-refractivity contribution in [2.75, 3.05) is 20.2 Å². The van der Waals surface area contributed by atoms with Crippen LogP contribution in [0.15, 0.2) is 23.2 Å². The number of nitrogens with one attached hydrogen (secondary N) is 1. The van der Waals surface area contributed by atoms with Crippen LogP contribution in [0.5, 0.6) is 5.75 Å². The summed E-state index contributed by atoms with van der Waals surface area (Å²) in [5.41, 5.74) is 8.10. The van der Waals surface area contributed by atoms with Gasteiger partial charge in [0, 0.05) is 13.1 Å². The predicted molar refractivity (Wildman–Crippen MR) is 91.6 cm³/mol. The predicted octanol–water partition coefficient (Wildman–Crippen LogP) is 2.48.